The third kappa shape index (κ3) is 3.21. The fourth-order valence-corrected chi connectivity index (χ4v) is 0.129. The average molecular weight is 85.1 g/mol. The maximum atomic E-state index is 7.91. The van der Waals surface area contributed by atoms with Crippen LogP contribution in [0.5, 0.6) is 0 Å². The van der Waals surface area contributed by atoms with Gasteiger partial charge in [-0.15, -0.1) is 0 Å². The molecule has 2 nitrogen and oxygen atoms in total. The van der Waals surface area contributed by atoms with Gasteiger partial charge in [0.1, 0.15) is 0 Å². The fraction of sp³-hybridized carbons (Fsp3) is 0.250. The molecule has 0 aliphatic heterocycles. The lowest BCUT2D eigenvalue weighted by atomic mass is 10.5. The Bertz CT molecular complexity index is 58.6. The number of aliphatic hydroxyl groups excluding tert-OH is 1. The van der Waals surface area contributed by atoms with Crippen molar-refractivity contribution in [1.82, 2.24) is 0 Å². The monoisotopic (exact) mass is 85.1 g/mol. The molecule has 0 aliphatic carbocycles. The topological polar surface area (TPSA) is 44.1 Å². The zero-order valence-electron chi connectivity index (χ0n) is 3.39. The summed E-state index contributed by atoms with van der Waals surface area (Å²) < 4.78 is 0. The molecule has 0 aromatic heterocycles. The lowest BCUT2D eigenvalue weighted by molar-refractivity contribution is 0.472. The number of aliphatic hydroxyl groups is 1. The van der Waals surface area contributed by atoms with Gasteiger partial charge in [-0.1, -0.05) is 0 Å². The second-order valence-electron chi connectivity index (χ2n) is 0.825. The van der Waals surface area contributed by atoms with Crippen LogP contribution in [-0.4, -0.2) is 11.3 Å². The highest BCUT2D eigenvalue weighted by Crippen LogP contribution is 1.70. The minimum absolute atomic E-state index is 0.524. The van der Waals surface area contributed by atoms with E-state index in [0.717, 1.165) is 6.26 Å². The lowest BCUT2D eigenvalue weighted by Crippen LogP contribution is -1.61. The average Bonchev–Trinajstić information content (AvgIpc) is 1.61. The lowest BCUT2D eigenvalue weighted by Gasteiger charge is -1.68. The quantitative estimate of drug-likeness (QED) is 0.382. The van der Waals surface area contributed by atoms with Crippen LogP contribution in [0.3, 0.4) is 0 Å². The van der Waals surface area contributed by atoms with Crippen molar-refractivity contribution in [3.05, 3.63) is 12.3 Å². The van der Waals surface area contributed by atoms with Crippen LogP contribution in [0.2, 0.25) is 0 Å². The molecule has 0 amide bonds. The van der Waals surface area contributed by atoms with Crippen molar-refractivity contribution in [2.24, 2.45) is 0 Å². The third-order valence-corrected chi connectivity index (χ3v) is 0.359. The summed E-state index contributed by atoms with van der Waals surface area (Å²) in [7, 11) is 0. The molecule has 0 atom stereocenters. The van der Waals surface area contributed by atoms with Crippen LogP contribution >= 0.6 is 0 Å². The molecule has 0 heterocycles. The molecule has 0 aliphatic rings. The highest BCUT2D eigenvalue weighted by atomic mass is 16.2. The van der Waals surface area contributed by atoms with Crippen molar-refractivity contribution in [3.8, 4) is 0 Å². The highest BCUT2D eigenvalue weighted by Gasteiger charge is 1.60. The second-order valence-corrected chi connectivity index (χ2v) is 0.825. The molecule has 0 aromatic carbocycles. The molecule has 6 heavy (non-hydrogen) atoms. The van der Waals surface area contributed by atoms with E-state index in [-0.39, 0.29) is 0 Å². The van der Waals surface area contributed by atoms with E-state index in [1.54, 1.807) is 0 Å². The molecule has 34 valence electrons. The summed E-state index contributed by atoms with van der Waals surface area (Å²) in [6, 6.07) is 0. The highest BCUT2D eigenvalue weighted by molar-refractivity contribution is 5.54. The first-order chi connectivity index (χ1) is 2.91. The molecule has 0 bridgehead atoms. The molecular formula is C4H7NO. The number of nitrogens with one attached hydrogen (secondary N) is 1. The second kappa shape index (κ2) is 4.21. The summed E-state index contributed by atoms with van der Waals surface area (Å²) >= 11 is 0. The number of allylic oxidation sites excluding steroid dienone is 1. The standard InChI is InChI=1S/C4H7NO/c5-3-1-2-4-6/h2-6H,1H2/b4-2-,5-3?. The molecule has 0 rings (SSSR count). The molecule has 0 fully saturated rings. The zero-order chi connectivity index (χ0) is 4.83. The minimum Gasteiger partial charge on any atom is -0.516 e. The van der Waals surface area contributed by atoms with Gasteiger partial charge in [0.25, 0.3) is 0 Å². The van der Waals surface area contributed by atoms with Crippen LogP contribution in [-0.2, 0) is 0 Å². The van der Waals surface area contributed by atoms with Crippen molar-refractivity contribution in [1.29, 1.82) is 5.41 Å². The predicted octanol–water partition coefficient (Wildman–Crippen LogP) is 1.10. The van der Waals surface area contributed by atoms with Crippen LogP contribution in [0.25, 0.3) is 0 Å². The van der Waals surface area contributed by atoms with E-state index in [4.69, 9.17) is 10.5 Å². The Morgan fingerprint density at radius 2 is 2.33 bits per heavy atom. The van der Waals surface area contributed by atoms with Gasteiger partial charge in [-0.2, -0.15) is 0 Å². The normalized spacial score (nSPS) is 9.33. The van der Waals surface area contributed by atoms with Crippen molar-refractivity contribution in [3.63, 3.8) is 0 Å². The molecule has 0 saturated carbocycles. The summed E-state index contributed by atoms with van der Waals surface area (Å²) in [5, 5.41) is 14.3. The van der Waals surface area contributed by atoms with Crippen LogP contribution in [0.15, 0.2) is 12.3 Å². The number of hydrogen-bond donors (Lipinski definition) is 2. The van der Waals surface area contributed by atoms with Crippen LogP contribution in [0.1, 0.15) is 6.42 Å². The van der Waals surface area contributed by atoms with Crippen LogP contribution in [0.4, 0.5) is 0 Å². The zero-order valence-corrected chi connectivity index (χ0v) is 3.39. The maximum Gasteiger partial charge on any atom is 0.0755 e. The van der Waals surface area contributed by atoms with Crippen molar-refractivity contribution in [2.75, 3.05) is 0 Å². The number of hydrogen-bond acceptors (Lipinski definition) is 2. The number of rotatable bonds is 2. The van der Waals surface area contributed by atoms with E-state index in [0.29, 0.717) is 6.42 Å². The summed E-state index contributed by atoms with van der Waals surface area (Å²) in [6.07, 6.45) is 4.17. The summed E-state index contributed by atoms with van der Waals surface area (Å²) in [4.78, 5) is 0. The Morgan fingerprint density at radius 1 is 1.67 bits per heavy atom. The Labute approximate surface area is 36.6 Å². The van der Waals surface area contributed by atoms with Gasteiger partial charge in [0.15, 0.2) is 0 Å². The third-order valence-electron chi connectivity index (χ3n) is 0.359. The first-order valence-corrected chi connectivity index (χ1v) is 1.70. The van der Waals surface area contributed by atoms with Gasteiger partial charge in [0, 0.05) is 6.42 Å². The molecule has 0 saturated heterocycles. The smallest absolute Gasteiger partial charge is 0.0755 e. The molecule has 2 N–H and O–H groups in total. The van der Waals surface area contributed by atoms with E-state index >= 15 is 0 Å². The SMILES string of the molecule is N=CC/C=C\O. The molecule has 0 spiro atoms. The summed E-state index contributed by atoms with van der Waals surface area (Å²) in [6.45, 7) is 0. The largest absolute Gasteiger partial charge is 0.516 e. The van der Waals surface area contributed by atoms with Gasteiger partial charge in [-0.25, -0.2) is 0 Å². The van der Waals surface area contributed by atoms with Gasteiger partial charge < -0.3 is 10.5 Å². The molecule has 0 aromatic rings. The molecule has 2 heteroatoms. The van der Waals surface area contributed by atoms with Gasteiger partial charge in [0.05, 0.1) is 6.26 Å². The van der Waals surface area contributed by atoms with E-state index in [1.807, 2.05) is 0 Å². The van der Waals surface area contributed by atoms with Crippen molar-refractivity contribution >= 4 is 6.21 Å². The van der Waals surface area contributed by atoms with Gasteiger partial charge in [0.2, 0.25) is 0 Å². The predicted molar refractivity (Wildman–Crippen MR) is 25.2 cm³/mol. The Kier molecular flexibility index (Phi) is 3.66. The maximum absolute atomic E-state index is 7.91. The fourth-order valence-electron chi connectivity index (χ4n) is 0.129. The molecule has 0 unspecified atom stereocenters. The van der Waals surface area contributed by atoms with E-state index in [1.165, 1.54) is 12.3 Å². The summed E-state index contributed by atoms with van der Waals surface area (Å²) in [5.74, 6) is 0. The minimum atomic E-state index is 0.524. The van der Waals surface area contributed by atoms with Gasteiger partial charge in [-0.3, -0.25) is 0 Å². The summed E-state index contributed by atoms with van der Waals surface area (Å²) in [5.41, 5.74) is 0. The Balaban J connectivity index is 2.85. The van der Waals surface area contributed by atoms with E-state index in [9.17, 15) is 0 Å². The Hall–Kier alpha value is -0.790. The van der Waals surface area contributed by atoms with Gasteiger partial charge >= 0.3 is 0 Å². The molecule has 0 radical (unpaired) electrons. The van der Waals surface area contributed by atoms with Crippen molar-refractivity contribution in [2.45, 2.75) is 6.42 Å². The van der Waals surface area contributed by atoms with E-state index in [2.05, 4.69) is 0 Å². The first kappa shape index (κ1) is 5.21. The first-order valence-electron chi connectivity index (χ1n) is 1.70. The van der Waals surface area contributed by atoms with Crippen LogP contribution in [0, 0.1) is 5.41 Å². The van der Waals surface area contributed by atoms with E-state index < -0.39 is 0 Å². The molecular weight excluding hydrogens is 78.0 g/mol. The van der Waals surface area contributed by atoms with Crippen molar-refractivity contribution < 1.29 is 5.11 Å². The van der Waals surface area contributed by atoms with Crippen LogP contribution < -0.4 is 0 Å². The Morgan fingerprint density at radius 3 is 2.50 bits per heavy atom. The van der Waals surface area contributed by atoms with Gasteiger partial charge in [-0.05, 0) is 12.3 Å².